The van der Waals surface area contributed by atoms with Crippen molar-refractivity contribution in [3.8, 4) is 22.9 Å². The van der Waals surface area contributed by atoms with Gasteiger partial charge >= 0.3 is 12.3 Å². The molecule has 0 fully saturated rings. The standard InChI is InChI=1S/C27H19F5N2O3/c28-21-3-1-4-22(29)24(21)23-15-20(26(35)36-14-2-13-33)25(34-23)18-7-5-16(6-8-18)17-9-11-19(12-10-17)37-27(30,31)32/h1,3-12,20,25H,2,14-15H2/t20-,25-/m0/s1. The molecule has 0 radical (unpaired) electrons. The van der Waals surface area contributed by atoms with Crippen LogP contribution in [-0.2, 0) is 9.53 Å². The number of hydrogen-bond donors (Lipinski definition) is 0. The largest absolute Gasteiger partial charge is 0.573 e. The number of carbonyl (C=O) groups is 1. The highest BCUT2D eigenvalue weighted by Gasteiger charge is 2.39. The molecule has 5 nitrogen and oxygen atoms in total. The lowest BCUT2D eigenvalue weighted by Gasteiger charge is -2.17. The summed E-state index contributed by atoms with van der Waals surface area (Å²) in [6.07, 6.45) is -4.85. The summed E-state index contributed by atoms with van der Waals surface area (Å²) in [5.74, 6) is -3.45. The van der Waals surface area contributed by atoms with Crippen LogP contribution in [0, 0.1) is 28.9 Å². The smallest absolute Gasteiger partial charge is 0.464 e. The van der Waals surface area contributed by atoms with Crippen molar-refractivity contribution in [1.82, 2.24) is 0 Å². The zero-order valence-electron chi connectivity index (χ0n) is 19.1. The Morgan fingerprint density at radius 1 is 0.973 bits per heavy atom. The molecule has 4 rings (SSSR count). The zero-order chi connectivity index (χ0) is 26.6. The van der Waals surface area contributed by atoms with Gasteiger partial charge in [-0.05, 0) is 41.0 Å². The minimum atomic E-state index is -4.79. The van der Waals surface area contributed by atoms with E-state index in [1.807, 2.05) is 6.07 Å². The summed E-state index contributed by atoms with van der Waals surface area (Å²) in [5.41, 5.74) is 1.66. The van der Waals surface area contributed by atoms with Gasteiger partial charge in [-0.25, -0.2) is 8.78 Å². The molecule has 190 valence electrons. The van der Waals surface area contributed by atoms with Crippen LogP contribution in [0.4, 0.5) is 22.0 Å². The summed E-state index contributed by atoms with van der Waals surface area (Å²) in [6, 6.07) is 16.6. The van der Waals surface area contributed by atoms with Crippen molar-refractivity contribution < 1.29 is 36.2 Å². The van der Waals surface area contributed by atoms with Crippen LogP contribution in [0.1, 0.15) is 30.0 Å². The molecule has 2 atom stereocenters. The number of alkyl halides is 3. The molecule has 1 heterocycles. The number of hydrogen-bond acceptors (Lipinski definition) is 5. The highest BCUT2D eigenvalue weighted by atomic mass is 19.4. The summed E-state index contributed by atoms with van der Waals surface area (Å²) in [7, 11) is 0. The van der Waals surface area contributed by atoms with Gasteiger partial charge < -0.3 is 9.47 Å². The van der Waals surface area contributed by atoms with Gasteiger partial charge in [0.15, 0.2) is 0 Å². The number of aliphatic imine (C=N–C) groups is 1. The maximum Gasteiger partial charge on any atom is 0.573 e. The first kappa shape index (κ1) is 25.8. The molecule has 0 aliphatic carbocycles. The fraction of sp³-hybridized carbons (Fsp3) is 0.222. The highest BCUT2D eigenvalue weighted by molar-refractivity contribution is 6.04. The van der Waals surface area contributed by atoms with Gasteiger partial charge in [0.25, 0.3) is 0 Å². The predicted octanol–water partition coefficient (Wildman–Crippen LogP) is 6.54. The molecule has 1 aliphatic heterocycles. The van der Waals surface area contributed by atoms with Gasteiger partial charge in [-0.2, -0.15) is 5.26 Å². The Morgan fingerprint density at radius 3 is 2.14 bits per heavy atom. The van der Waals surface area contributed by atoms with Crippen LogP contribution in [0.15, 0.2) is 71.7 Å². The molecule has 0 aromatic heterocycles. The number of nitrogens with zero attached hydrogens (tertiary/aromatic N) is 2. The molecule has 10 heteroatoms. The SMILES string of the molecule is N#CCCOC(=O)[C@H]1CC(c2c(F)cccc2F)=N[C@H]1c1ccc(-c2ccc(OC(F)(F)F)cc2)cc1. The number of esters is 1. The Balaban J connectivity index is 1.61. The molecule has 1 aliphatic rings. The molecule has 3 aromatic rings. The Kier molecular flexibility index (Phi) is 7.53. The lowest BCUT2D eigenvalue weighted by Crippen LogP contribution is -2.22. The molecule has 0 N–H and O–H groups in total. The number of rotatable bonds is 7. The van der Waals surface area contributed by atoms with Crippen molar-refractivity contribution in [3.63, 3.8) is 0 Å². The quantitative estimate of drug-likeness (QED) is 0.204. The Hall–Kier alpha value is -4.26. The second-order valence-corrected chi connectivity index (χ2v) is 8.20. The molecule has 3 aromatic carbocycles. The van der Waals surface area contributed by atoms with Gasteiger partial charge in [-0.3, -0.25) is 9.79 Å². The highest BCUT2D eigenvalue weighted by Crippen LogP contribution is 2.39. The average molecular weight is 514 g/mol. The van der Waals surface area contributed by atoms with Crippen molar-refractivity contribution in [1.29, 1.82) is 5.26 Å². The fourth-order valence-electron chi connectivity index (χ4n) is 4.12. The van der Waals surface area contributed by atoms with Crippen LogP contribution in [0.5, 0.6) is 5.75 Å². The maximum atomic E-state index is 14.4. The first-order valence-corrected chi connectivity index (χ1v) is 11.2. The third-order valence-corrected chi connectivity index (χ3v) is 5.78. The van der Waals surface area contributed by atoms with E-state index in [2.05, 4.69) is 9.73 Å². The second-order valence-electron chi connectivity index (χ2n) is 8.20. The van der Waals surface area contributed by atoms with E-state index in [4.69, 9.17) is 10.00 Å². The predicted molar refractivity (Wildman–Crippen MR) is 123 cm³/mol. The molecule has 0 unspecified atom stereocenters. The summed E-state index contributed by atoms with van der Waals surface area (Å²) >= 11 is 0. The summed E-state index contributed by atoms with van der Waals surface area (Å²) < 4.78 is 75.1. The summed E-state index contributed by atoms with van der Waals surface area (Å²) in [5, 5.41) is 8.71. The number of halogens is 5. The normalized spacial score (nSPS) is 17.1. The molecule has 0 saturated heterocycles. The van der Waals surface area contributed by atoms with Gasteiger partial charge in [-0.1, -0.05) is 42.5 Å². The number of benzene rings is 3. The minimum absolute atomic E-state index is 0.000278. The fourth-order valence-corrected chi connectivity index (χ4v) is 4.12. The van der Waals surface area contributed by atoms with Crippen LogP contribution in [0.2, 0.25) is 0 Å². The number of carbonyl (C=O) groups excluding carboxylic acids is 1. The van der Waals surface area contributed by atoms with Crippen LogP contribution >= 0.6 is 0 Å². The van der Waals surface area contributed by atoms with Crippen molar-refractivity contribution in [2.24, 2.45) is 10.9 Å². The van der Waals surface area contributed by atoms with E-state index in [9.17, 15) is 26.7 Å². The van der Waals surface area contributed by atoms with E-state index in [1.165, 1.54) is 30.3 Å². The van der Waals surface area contributed by atoms with Crippen LogP contribution in [0.25, 0.3) is 11.1 Å². The molecular formula is C27H19F5N2O3. The lowest BCUT2D eigenvalue weighted by atomic mass is 9.90. The van der Waals surface area contributed by atoms with Gasteiger partial charge in [0.1, 0.15) is 24.0 Å². The lowest BCUT2D eigenvalue weighted by molar-refractivity contribution is -0.274. The molecule has 37 heavy (non-hydrogen) atoms. The second kappa shape index (κ2) is 10.8. The average Bonchev–Trinajstić information content (AvgIpc) is 3.29. The van der Waals surface area contributed by atoms with Gasteiger partial charge in [-0.15, -0.1) is 13.2 Å². The van der Waals surface area contributed by atoms with Gasteiger partial charge in [0.2, 0.25) is 0 Å². The van der Waals surface area contributed by atoms with Gasteiger partial charge in [0.05, 0.1) is 30.0 Å². The topological polar surface area (TPSA) is 71.7 Å². The minimum Gasteiger partial charge on any atom is -0.464 e. The van der Waals surface area contributed by atoms with E-state index in [-0.39, 0.29) is 36.5 Å². The van der Waals surface area contributed by atoms with E-state index in [1.54, 1.807) is 24.3 Å². The molecular weight excluding hydrogens is 495 g/mol. The first-order chi connectivity index (χ1) is 17.7. The van der Waals surface area contributed by atoms with Crippen LogP contribution in [0.3, 0.4) is 0 Å². The number of nitriles is 1. The third kappa shape index (κ3) is 6.12. The number of ether oxygens (including phenoxy) is 2. The van der Waals surface area contributed by atoms with E-state index < -0.39 is 35.9 Å². The maximum absolute atomic E-state index is 14.4. The van der Waals surface area contributed by atoms with Crippen molar-refractivity contribution in [3.05, 3.63) is 89.5 Å². The van der Waals surface area contributed by atoms with Gasteiger partial charge in [0, 0.05) is 12.1 Å². The van der Waals surface area contributed by atoms with E-state index >= 15 is 0 Å². The summed E-state index contributed by atoms with van der Waals surface area (Å²) in [4.78, 5) is 17.3. The zero-order valence-corrected chi connectivity index (χ0v) is 19.1. The monoisotopic (exact) mass is 514 g/mol. The first-order valence-electron chi connectivity index (χ1n) is 11.2. The van der Waals surface area contributed by atoms with Crippen LogP contribution in [-0.4, -0.2) is 24.7 Å². The van der Waals surface area contributed by atoms with Crippen LogP contribution < -0.4 is 4.74 Å². The Labute approximate surface area is 208 Å². The van der Waals surface area contributed by atoms with E-state index in [0.717, 1.165) is 12.1 Å². The Bertz CT molecular complexity index is 1330. The Morgan fingerprint density at radius 2 is 1.57 bits per heavy atom. The third-order valence-electron chi connectivity index (χ3n) is 5.78. The molecule has 0 amide bonds. The van der Waals surface area contributed by atoms with Crippen molar-refractivity contribution >= 4 is 11.7 Å². The van der Waals surface area contributed by atoms with E-state index in [0.29, 0.717) is 16.7 Å². The summed E-state index contributed by atoms with van der Waals surface area (Å²) in [6.45, 7) is -0.116. The van der Waals surface area contributed by atoms with Crippen molar-refractivity contribution in [2.75, 3.05) is 6.61 Å². The molecule has 0 bridgehead atoms. The molecule has 0 saturated carbocycles. The van der Waals surface area contributed by atoms with Crippen molar-refractivity contribution in [2.45, 2.75) is 25.2 Å². The molecule has 0 spiro atoms.